The molecule has 28 heavy (non-hydrogen) atoms. The van der Waals surface area contributed by atoms with Gasteiger partial charge in [0.15, 0.2) is 5.16 Å². The summed E-state index contributed by atoms with van der Waals surface area (Å²) in [6.45, 7) is 0.323. The Morgan fingerprint density at radius 2 is 2.00 bits per heavy atom. The SMILES string of the molecule is Cn1cnnc1SCC(=O)Nc1cccc(C(=O)NCc2ccccc2Cl)c1. The van der Waals surface area contributed by atoms with Crippen molar-refractivity contribution in [2.75, 3.05) is 11.1 Å². The van der Waals surface area contributed by atoms with E-state index in [1.54, 1.807) is 41.2 Å². The number of nitrogens with zero attached hydrogens (tertiary/aromatic N) is 3. The van der Waals surface area contributed by atoms with Gasteiger partial charge in [0.25, 0.3) is 5.91 Å². The predicted octanol–water partition coefficient (Wildman–Crippen LogP) is 3.13. The minimum absolute atomic E-state index is 0.190. The first-order chi connectivity index (χ1) is 13.5. The average molecular weight is 416 g/mol. The van der Waals surface area contributed by atoms with Crippen molar-refractivity contribution in [1.82, 2.24) is 20.1 Å². The Kier molecular flexibility index (Phi) is 6.67. The first-order valence-corrected chi connectivity index (χ1v) is 9.77. The molecule has 1 aromatic heterocycles. The van der Waals surface area contributed by atoms with Crippen LogP contribution in [0.3, 0.4) is 0 Å². The number of halogens is 1. The molecule has 0 unspecified atom stereocenters. The van der Waals surface area contributed by atoms with Crippen molar-refractivity contribution in [2.24, 2.45) is 7.05 Å². The number of hydrogen-bond donors (Lipinski definition) is 2. The molecule has 0 bridgehead atoms. The van der Waals surface area contributed by atoms with E-state index in [9.17, 15) is 9.59 Å². The van der Waals surface area contributed by atoms with Crippen molar-refractivity contribution in [3.63, 3.8) is 0 Å². The fraction of sp³-hybridized carbons (Fsp3) is 0.158. The maximum absolute atomic E-state index is 12.4. The Balaban J connectivity index is 1.55. The van der Waals surface area contributed by atoms with Crippen molar-refractivity contribution in [1.29, 1.82) is 0 Å². The van der Waals surface area contributed by atoms with E-state index < -0.39 is 0 Å². The molecule has 0 spiro atoms. The van der Waals surface area contributed by atoms with Gasteiger partial charge in [0, 0.05) is 29.9 Å². The summed E-state index contributed by atoms with van der Waals surface area (Å²) < 4.78 is 1.74. The number of nitrogens with one attached hydrogen (secondary N) is 2. The zero-order chi connectivity index (χ0) is 19.9. The first-order valence-electron chi connectivity index (χ1n) is 8.41. The van der Waals surface area contributed by atoms with Gasteiger partial charge in [-0.1, -0.05) is 47.6 Å². The van der Waals surface area contributed by atoms with Gasteiger partial charge in [-0.15, -0.1) is 10.2 Å². The van der Waals surface area contributed by atoms with E-state index in [4.69, 9.17) is 11.6 Å². The third-order valence-corrected chi connectivity index (χ3v) is 5.21. The van der Waals surface area contributed by atoms with Crippen LogP contribution in [0.5, 0.6) is 0 Å². The molecule has 3 aromatic rings. The Morgan fingerprint density at radius 3 is 2.75 bits per heavy atom. The van der Waals surface area contributed by atoms with Crippen molar-refractivity contribution in [3.8, 4) is 0 Å². The molecule has 0 atom stereocenters. The maximum atomic E-state index is 12.4. The maximum Gasteiger partial charge on any atom is 0.251 e. The average Bonchev–Trinajstić information content (AvgIpc) is 3.10. The summed E-state index contributed by atoms with van der Waals surface area (Å²) >= 11 is 7.39. The highest BCUT2D eigenvalue weighted by Crippen LogP contribution is 2.17. The third kappa shape index (κ3) is 5.34. The van der Waals surface area contributed by atoms with Gasteiger partial charge in [0.2, 0.25) is 5.91 Å². The smallest absolute Gasteiger partial charge is 0.251 e. The van der Waals surface area contributed by atoms with Crippen LogP contribution in [0.2, 0.25) is 5.02 Å². The van der Waals surface area contributed by atoms with E-state index in [1.807, 2.05) is 25.2 Å². The Bertz CT molecular complexity index is 992. The molecule has 9 heteroatoms. The van der Waals surface area contributed by atoms with Crippen molar-refractivity contribution in [2.45, 2.75) is 11.7 Å². The highest BCUT2D eigenvalue weighted by Gasteiger charge is 2.10. The molecule has 144 valence electrons. The predicted molar refractivity (Wildman–Crippen MR) is 109 cm³/mol. The Hall–Kier alpha value is -2.84. The second-order valence-electron chi connectivity index (χ2n) is 5.92. The number of thioether (sulfide) groups is 1. The van der Waals surface area contributed by atoms with Gasteiger partial charge >= 0.3 is 0 Å². The van der Waals surface area contributed by atoms with Crippen LogP contribution in [-0.2, 0) is 18.4 Å². The lowest BCUT2D eigenvalue weighted by Gasteiger charge is -2.09. The van der Waals surface area contributed by atoms with Crippen molar-refractivity contribution < 1.29 is 9.59 Å². The zero-order valence-corrected chi connectivity index (χ0v) is 16.6. The number of carbonyl (C=O) groups excluding carboxylic acids is 2. The van der Waals surface area contributed by atoms with Crippen LogP contribution < -0.4 is 10.6 Å². The lowest BCUT2D eigenvalue weighted by atomic mass is 10.1. The van der Waals surface area contributed by atoms with E-state index in [-0.39, 0.29) is 17.6 Å². The molecule has 2 aromatic carbocycles. The number of benzene rings is 2. The fourth-order valence-electron chi connectivity index (χ4n) is 2.39. The van der Waals surface area contributed by atoms with Gasteiger partial charge < -0.3 is 15.2 Å². The van der Waals surface area contributed by atoms with Crippen LogP contribution in [-0.4, -0.2) is 32.3 Å². The van der Waals surface area contributed by atoms with Gasteiger partial charge in [-0.2, -0.15) is 0 Å². The molecule has 0 radical (unpaired) electrons. The first kappa shape index (κ1) is 19.9. The molecule has 1 heterocycles. The Labute approximate surface area is 171 Å². The number of carbonyl (C=O) groups is 2. The molecule has 0 saturated carbocycles. The van der Waals surface area contributed by atoms with Crippen LogP contribution in [0.15, 0.2) is 60.0 Å². The Morgan fingerprint density at radius 1 is 1.18 bits per heavy atom. The molecule has 0 aliphatic rings. The normalized spacial score (nSPS) is 10.5. The lowest BCUT2D eigenvalue weighted by molar-refractivity contribution is -0.113. The molecule has 0 aliphatic carbocycles. The number of aryl methyl sites for hydroxylation is 1. The van der Waals surface area contributed by atoms with Crippen LogP contribution in [0.4, 0.5) is 5.69 Å². The standard InChI is InChI=1S/C19H18ClN5O2S/c1-25-12-22-24-19(25)28-11-17(26)23-15-7-4-6-13(9-15)18(27)21-10-14-5-2-3-8-16(14)20/h2-9,12H,10-11H2,1H3,(H,21,27)(H,23,26). The second kappa shape index (κ2) is 9.38. The molecule has 0 saturated heterocycles. The lowest BCUT2D eigenvalue weighted by Crippen LogP contribution is -2.23. The highest BCUT2D eigenvalue weighted by molar-refractivity contribution is 7.99. The van der Waals surface area contributed by atoms with Crippen molar-refractivity contribution >= 4 is 40.9 Å². The third-order valence-electron chi connectivity index (χ3n) is 3.81. The summed E-state index contributed by atoms with van der Waals surface area (Å²) in [6, 6.07) is 14.1. The van der Waals surface area contributed by atoms with Crippen LogP contribution in [0, 0.1) is 0 Å². The minimum atomic E-state index is -0.246. The van der Waals surface area contributed by atoms with Crippen molar-refractivity contribution in [3.05, 3.63) is 71.0 Å². The number of anilines is 1. The van der Waals surface area contributed by atoms with Gasteiger partial charge in [0.1, 0.15) is 6.33 Å². The summed E-state index contributed by atoms with van der Waals surface area (Å²) in [4.78, 5) is 24.5. The van der Waals surface area contributed by atoms with Crippen LogP contribution >= 0.6 is 23.4 Å². The summed E-state index contributed by atoms with van der Waals surface area (Å²) in [5, 5.41) is 14.6. The molecule has 3 rings (SSSR count). The van der Waals surface area contributed by atoms with Crippen LogP contribution in [0.25, 0.3) is 0 Å². The summed E-state index contributed by atoms with van der Waals surface area (Å²) in [6.07, 6.45) is 1.57. The molecule has 2 amide bonds. The zero-order valence-electron chi connectivity index (χ0n) is 15.1. The molecular weight excluding hydrogens is 398 g/mol. The molecule has 0 aliphatic heterocycles. The molecular formula is C19H18ClN5O2S. The van der Waals surface area contributed by atoms with Gasteiger partial charge in [-0.05, 0) is 29.8 Å². The van der Waals surface area contributed by atoms with E-state index in [1.165, 1.54) is 11.8 Å². The van der Waals surface area contributed by atoms with Crippen LogP contribution in [0.1, 0.15) is 15.9 Å². The van der Waals surface area contributed by atoms with E-state index >= 15 is 0 Å². The topological polar surface area (TPSA) is 88.9 Å². The quantitative estimate of drug-likeness (QED) is 0.579. The largest absolute Gasteiger partial charge is 0.348 e. The molecule has 2 N–H and O–H groups in total. The second-order valence-corrected chi connectivity index (χ2v) is 7.27. The molecule has 0 fully saturated rings. The fourth-order valence-corrected chi connectivity index (χ4v) is 3.28. The van der Waals surface area contributed by atoms with E-state index in [0.29, 0.717) is 28.0 Å². The monoisotopic (exact) mass is 415 g/mol. The number of aromatic nitrogens is 3. The highest BCUT2D eigenvalue weighted by atomic mass is 35.5. The summed E-state index contributed by atoms with van der Waals surface area (Å²) in [5.41, 5.74) is 1.84. The summed E-state index contributed by atoms with van der Waals surface area (Å²) in [7, 11) is 1.81. The molecule has 7 nitrogen and oxygen atoms in total. The van der Waals surface area contributed by atoms with Gasteiger partial charge in [0.05, 0.1) is 5.75 Å². The minimum Gasteiger partial charge on any atom is -0.348 e. The van der Waals surface area contributed by atoms with Gasteiger partial charge in [-0.3, -0.25) is 9.59 Å². The van der Waals surface area contributed by atoms with Gasteiger partial charge in [-0.25, -0.2) is 0 Å². The number of rotatable bonds is 7. The summed E-state index contributed by atoms with van der Waals surface area (Å²) in [5.74, 6) is -0.249. The number of hydrogen-bond acceptors (Lipinski definition) is 5. The van der Waals surface area contributed by atoms with E-state index in [2.05, 4.69) is 20.8 Å². The number of amides is 2. The van der Waals surface area contributed by atoms with E-state index in [0.717, 1.165) is 5.56 Å².